The number of para-hydroxylation sites is 1. The van der Waals surface area contributed by atoms with Gasteiger partial charge in [-0.15, -0.1) is 0 Å². The molecular formula is C18H27N2O5+. The highest BCUT2D eigenvalue weighted by Gasteiger charge is 2.26. The van der Waals surface area contributed by atoms with E-state index in [9.17, 15) is 14.7 Å². The Labute approximate surface area is 148 Å². The van der Waals surface area contributed by atoms with Crippen LogP contribution in [0.2, 0.25) is 0 Å². The zero-order valence-electron chi connectivity index (χ0n) is 14.9. The van der Waals surface area contributed by atoms with Crippen molar-refractivity contribution in [2.75, 3.05) is 45.9 Å². The van der Waals surface area contributed by atoms with E-state index in [1.54, 1.807) is 36.1 Å². The Morgan fingerprint density at radius 3 is 2.60 bits per heavy atom. The monoisotopic (exact) mass is 351 g/mol. The van der Waals surface area contributed by atoms with Crippen LogP contribution >= 0.6 is 0 Å². The number of ketones is 1. The van der Waals surface area contributed by atoms with Crippen LogP contribution in [0.25, 0.3) is 0 Å². The van der Waals surface area contributed by atoms with Crippen molar-refractivity contribution < 1.29 is 29.1 Å². The molecule has 0 unspecified atom stereocenters. The molecule has 1 aromatic rings. The lowest BCUT2D eigenvalue weighted by Crippen LogP contribution is -3.16. The van der Waals surface area contributed by atoms with Gasteiger partial charge in [-0.05, 0) is 26.0 Å². The summed E-state index contributed by atoms with van der Waals surface area (Å²) in [5.41, 5.74) is 0.519. The SMILES string of the molecule is CCOC(=O)N1CC[NH+](C[C@@H](O)COc2ccccc2C(C)=O)CC1. The van der Waals surface area contributed by atoms with Crippen molar-refractivity contribution in [2.45, 2.75) is 20.0 Å². The van der Waals surface area contributed by atoms with Crippen LogP contribution in [0.5, 0.6) is 5.75 Å². The first-order valence-electron chi connectivity index (χ1n) is 8.67. The van der Waals surface area contributed by atoms with E-state index in [-0.39, 0.29) is 18.5 Å². The van der Waals surface area contributed by atoms with Gasteiger partial charge >= 0.3 is 6.09 Å². The molecular weight excluding hydrogens is 324 g/mol. The van der Waals surface area contributed by atoms with Gasteiger partial charge in [-0.25, -0.2) is 4.79 Å². The predicted octanol–water partition coefficient (Wildman–Crippen LogP) is -0.0141. The second-order valence-electron chi connectivity index (χ2n) is 6.16. The molecule has 1 aliphatic rings. The third kappa shape index (κ3) is 5.72. The molecule has 0 bridgehead atoms. The molecule has 0 saturated carbocycles. The van der Waals surface area contributed by atoms with Crippen LogP contribution in [0.15, 0.2) is 24.3 Å². The maximum atomic E-state index is 11.7. The summed E-state index contributed by atoms with van der Waals surface area (Å²) in [7, 11) is 0. The van der Waals surface area contributed by atoms with E-state index < -0.39 is 6.10 Å². The molecule has 25 heavy (non-hydrogen) atoms. The number of aliphatic hydroxyl groups excluding tert-OH is 1. The molecule has 2 N–H and O–H groups in total. The Bertz CT molecular complexity index is 585. The number of amides is 1. The van der Waals surface area contributed by atoms with Gasteiger partial charge in [0.2, 0.25) is 0 Å². The Morgan fingerprint density at radius 1 is 1.28 bits per heavy atom. The normalized spacial score (nSPS) is 16.4. The molecule has 1 amide bonds. The highest BCUT2D eigenvalue weighted by atomic mass is 16.6. The van der Waals surface area contributed by atoms with Crippen LogP contribution in [0.4, 0.5) is 4.79 Å². The summed E-state index contributed by atoms with van der Waals surface area (Å²) in [6, 6.07) is 7.03. The van der Waals surface area contributed by atoms with Crippen LogP contribution in [-0.2, 0) is 4.74 Å². The van der Waals surface area contributed by atoms with E-state index in [0.717, 1.165) is 13.1 Å². The fraction of sp³-hybridized carbons (Fsp3) is 0.556. The number of nitrogens with one attached hydrogen (secondary N) is 1. The van der Waals surface area contributed by atoms with E-state index in [4.69, 9.17) is 9.47 Å². The number of piperazine rings is 1. The van der Waals surface area contributed by atoms with Crippen molar-refractivity contribution in [3.05, 3.63) is 29.8 Å². The van der Waals surface area contributed by atoms with E-state index in [2.05, 4.69) is 0 Å². The van der Waals surface area contributed by atoms with Crippen LogP contribution in [0.3, 0.4) is 0 Å². The number of hydrogen-bond acceptors (Lipinski definition) is 5. The van der Waals surface area contributed by atoms with E-state index in [0.29, 0.717) is 37.6 Å². The fourth-order valence-electron chi connectivity index (χ4n) is 2.89. The molecule has 0 aliphatic carbocycles. The van der Waals surface area contributed by atoms with Gasteiger partial charge < -0.3 is 19.5 Å². The Balaban J connectivity index is 1.76. The molecule has 2 rings (SSSR count). The molecule has 0 spiro atoms. The van der Waals surface area contributed by atoms with Crippen molar-refractivity contribution in [3.8, 4) is 5.75 Å². The van der Waals surface area contributed by atoms with Crippen LogP contribution in [0.1, 0.15) is 24.2 Å². The Morgan fingerprint density at radius 2 is 1.96 bits per heavy atom. The molecule has 138 valence electrons. The molecule has 1 aromatic carbocycles. The quantitative estimate of drug-likeness (QED) is 0.675. The number of quaternary nitrogens is 1. The molecule has 1 saturated heterocycles. The average molecular weight is 351 g/mol. The third-order valence-corrected chi connectivity index (χ3v) is 4.22. The van der Waals surface area contributed by atoms with Gasteiger partial charge in [0, 0.05) is 0 Å². The summed E-state index contributed by atoms with van der Waals surface area (Å²) in [6.45, 7) is 7.10. The number of carbonyl (C=O) groups is 2. The number of Topliss-reactive ketones (excluding diaryl/α,β-unsaturated/α-hetero) is 1. The largest absolute Gasteiger partial charge is 0.490 e. The van der Waals surface area contributed by atoms with Crippen LogP contribution in [0, 0.1) is 0 Å². The van der Waals surface area contributed by atoms with Crippen molar-refractivity contribution in [3.63, 3.8) is 0 Å². The second kappa shape index (κ2) is 9.39. The zero-order chi connectivity index (χ0) is 18.2. The van der Waals surface area contributed by atoms with Gasteiger partial charge in [-0.1, -0.05) is 12.1 Å². The number of hydrogen-bond donors (Lipinski definition) is 2. The molecule has 7 nitrogen and oxygen atoms in total. The minimum atomic E-state index is -0.635. The summed E-state index contributed by atoms with van der Waals surface area (Å²) in [4.78, 5) is 26.2. The van der Waals surface area contributed by atoms with Gasteiger partial charge in [0.25, 0.3) is 0 Å². The van der Waals surface area contributed by atoms with Crippen molar-refractivity contribution in [1.82, 2.24) is 4.90 Å². The number of benzene rings is 1. The smallest absolute Gasteiger partial charge is 0.410 e. The standard InChI is InChI=1S/C18H26N2O5/c1-3-24-18(23)20-10-8-19(9-11-20)12-15(22)13-25-17-7-5-4-6-16(17)14(2)21/h4-7,15,22H,3,8-13H2,1-2H3/p+1/t15-/m1/s1. The molecule has 0 radical (unpaired) electrons. The summed E-state index contributed by atoms with van der Waals surface area (Å²) in [6.07, 6.45) is -0.907. The maximum Gasteiger partial charge on any atom is 0.410 e. The molecule has 7 heteroatoms. The third-order valence-electron chi connectivity index (χ3n) is 4.22. The fourth-order valence-corrected chi connectivity index (χ4v) is 2.89. The molecule has 1 aliphatic heterocycles. The van der Waals surface area contributed by atoms with Crippen molar-refractivity contribution in [2.24, 2.45) is 0 Å². The van der Waals surface area contributed by atoms with Gasteiger partial charge in [-0.3, -0.25) is 9.69 Å². The second-order valence-corrected chi connectivity index (χ2v) is 6.16. The van der Waals surface area contributed by atoms with Gasteiger partial charge in [0.15, 0.2) is 5.78 Å². The maximum absolute atomic E-state index is 11.7. The number of rotatable bonds is 7. The van der Waals surface area contributed by atoms with E-state index in [1.807, 2.05) is 0 Å². The predicted molar refractivity (Wildman–Crippen MR) is 92.1 cm³/mol. The van der Waals surface area contributed by atoms with Crippen LogP contribution < -0.4 is 9.64 Å². The first-order chi connectivity index (χ1) is 12.0. The van der Waals surface area contributed by atoms with Gasteiger partial charge in [0.05, 0.1) is 38.3 Å². The lowest BCUT2D eigenvalue weighted by molar-refractivity contribution is -0.907. The highest BCUT2D eigenvalue weighted by molar-refractivity contribution is 5.96. The van der Waals surface area contributed by atoms with Gasteiger partial charge in [0.1, 0.15) is 25.0 Å². The molecule has 0 aromatic heterocycles. The molecule has 1 atom stereocenters. The number of aliphatic hydroxyl groups is 1. The average Bonchev–Trinajstić information content (AvgIpc) is 2.61. The summed E-state index contributed by atoms with van der Waals surface area (Å²) < 4.78 is 10.6. The highest BCUT2D eigenvalue weighted by Crippen LogP contribution is 2.18. The minimum Gasteiger partial charge on any atom is -0.490 e. The first-order valence-corrected chi connectivity index (χ1v) is 8.67. The lowest BCUT2D eigenvalue weighted by Gasteiger charge is -2.32. The Hall–Kier alpha value is -2.12. The van der Waals surface area contributed by atoms with E-state index >= 15 is 0 Å². The number of ether oxygens (including phenoxy) is 2. The number of carbonyl (C=O) groups excluding carboxylic acids is 2. The molecule has 1 heterocycles. The van der Waals surface area contributed by atoms with E-state index in [1.165, 1.54) is 11.8 Å². The zero-order valence-corrected chi connectivity index (χ0v) is 14.9. The van der Waals surface area contributed by atoms with Gasteiger partial charge in [-0.2, -0.15) is 0 Å². The molecule has 1 fully saturated rings. The van der Waals surface area contributed by atoms with Crippen molar-refractivity contribution in [1.29, 1.82) is 0 Å². The summed E-state index contributed by atoms with van der Waals surface area (Å²) in [5, 5.41) is 10.2. The Kier molecular flexibility index (Phi) is 7.21. The lowest BCUT2D eigenvalue weighted by atomic mass is 10.1. The summed E-state index contributed by atoms with van der Waals surface area (Å²) in [5.74, 6) is 0.432. The van der Waals surface area contributed by atoms with Crippen molar-refractivity contribution >= 4 is 11.9 Å². The number of nitrogens with zero attached hydrogens (tertiary/aromatic N) is 1. The minimum absolute atomic E-state index is 0.0641. The summed E-state index contributed by atoms with van der Waals surface area (Å²) >= 11 is 0. The topological polar surface area (TPSA) is 80.5 Å². The first kappa shape index (κ1) is 19.2. The van der Waals surface area contributed by atoms with Crippen LogP contribution in [-0.4, -0.2) is 73.9 Å².